The Labute approximate surface area is 229 Å². The fourth-order valence-corrected chi connectivity index (χ4v) is 4.36. The molecule has 0 atom stereocenters. The molecule has 3 aromatic heterocycles. The summed E-state index contributed by atoms with van der Waals surface area (Å²) in [6, 6.07) is 10.0. The fourth-order valence-electron chi connectivity index (χ4n) is 3.60. The van der Waals surface area contributed by atoms with Gasteiger partial charge in [0.15, 0.2) is 5.65 Å². The Morgan fingerprint density at radius 3 is 2.59 bits per heavy atom. The van der Waals surface area contributed by atoms with Crippen molar-refractivity contribution in [2.45, 2.75) is 58.8 Å². The maximum Gasteiger partial charge on any atom is 0.412 e. The summed E-state index contributed by atoms with van der Waals surface area (Å²) in [6.07, 6.45) is 4.89. The number of anilines is 3. The molecular formula is C27H37N7O4Si. The van der Waals surface area contributed by atoms with E-state index < -0.39 is 19.8 Å². The van der Waals surface area contributed by atoms with Gasteiger partial charge in [0.05, 0.1) is 17.3 Å². The van der Waals surface area contributed by atoms with Crippen molar-refractivity contribution in [3.05, 3.63) is 48.9 Å². The van der Waals surface area contributed by atoms with E-state index in [1.807, 2.05) is 50.8 Å². The first-order chi connectivity index (χ1) is 18.3. The second-order valence-electron chi connectivity index (χ2n) is 11.5. The molecule has 0 aliphatic heterocycles. The second kappa shape index (κ2) is 11.5. The number of ether oxygens (including phenoxy) is 3. The van der Waals surface area contributed by atoms with E-state index in [0.717, 1.165) is 17.1 Å². The van der Waals surface area contributed by atoms with Crippen LogP contribution in [0.15, 0.2) is 48.9 Å². The molecule has 4 aromatic rings. The number of carbonyl (C=O) groups is 1. The van der Waals surface area contributed by atoms with E-state index in [2.05, 4.69) is 40.4 Å². The zero-order chi connectivity index (χ0) is 28.2. The normalized spacial score (nSPS) is 12.0. The number of benzene rings is 1. The van der Waals surface area contributed by atoms with Gasteiger partial charge in [-0.05, 0) is 45.0 Å². The number of hydrogen-bond donors (Lipinski definition) is 2. The lowest BCUT2D eigenvalue weighted by molar-refractivity contribution is 0.0636. The van der Waals surface area contributed by atoms with Crippen molar-refractivity contribution in [2.75, 3.05) is 17.2 Å². The molecule has 0 aliphatic rings. The summed E-state index contributed by atoms with van der Waals surface area (Å²) >= 11 is 0. The lowest BCUT2D eigenvalue weighted by atomic mass is 10.2. The van der Waals surface area contributed by atoms with Gasteiger partial charge in [-0.15, -0.1) is 0 Å². The van der Waals surface area contributed by atoms with Crippen molar-refractivity contribution >= 4 is 42.5 Å². The molecule has 12 heteroatoms. The molecule has 0 spiro atoms. The van der Waals surface area contributed by atoms with Crippen LogP contribution in [0.5, 0.6) is 11.6 Å². The third-order valence-corrected chi connectivity index (χ3v) is 7.17. The van der Waals surface area contributed by atoms with E-state index in [1.54, 1.807) is 35.1 Å². The zero-order valence-corrected chi connectivity index (χ0v) is 24.6. The third kappa shape index (κ3) is 8.29. The second-order valence-corrected chi connectivity index (χ2v) is 17.1. The van der Waals surface area contributed by atoms with Gasteiger partial charge in [-0.2, -0.15) is 15.1 Å². The van der Waals surface area contributed by atoms with Crippen molar-refractivity contribution < 1.29 is 19.0 Å². The van der Waals surface area contributed by atoms with Gasteiger partial charge in [-0.3, -0.25) is 10.00 Å². The first-order valence-corrected chi connectivity index (χ1v) is 16.5. The van der Waals surface area contributed by atoms with Crippen molar-refractivity contribution in [2.24, 2.45) is 7.05 Å². The van der Waals surface area contributed by atoms with Crippen LogP contribution in [0.3, 0.4) is 0 Å². The number of rotatable bonds is 10. The SMILES string of the molecule is Cn1cc(Nc2nc(Oc3cccc(NC(=O)OC(C)(C)C)c3)c3ccn(COCC[Si](C)(C)C)c3n2)cn1. The Hall–Kier alpha value is -3.90. The van der Waals surface area contributed by atoms with E-state index in [-0.39, 0.29) is 0 Å². The van der Waals surface area contributed by atoms with Gasteiger partial charge in [0, 0.05) is 45.9 Å². The van der Waals surface area contributed by atoms with Crippen LogP contribution in [0.25, 0.3) is 11.0 Å². The predicted octanol–water partition coefficient (Wildman–Crippen LogP) is 6.36. The lowest BCUT2D eigenvalue weighted by Crippen LogP contribution is -2.27. The van der Waals surface area contributed by atoms with Crippen molar-refractivity contribution in [3.63, 3.8) is 0 Å². The minimum absolute atomic E-state index is 0.357. The van der Waals surface area contributed by atoms with Crippen LogP contribution in [-0.2, 0) is 23.3 Å². The highest BCUT2D eigenvalue weighted by Crippen LogP contribution is 2.31. The van der Waals surface area contributed by atoms with Gasteiger partial charge in [0.25, 0.3) is 0 Å². The van der Waals surface area contributed by atoms with E-state index in [9.17, 15) is 4.79 Å². The Bertz CT molecular complexity index is 1440. The molecule has 2 N–H and O–H groups in total. The maximum absolute atomic E-state index is 12.2. The molecule has 208 valence electrons. The molecule has 0 unspecified atom stereocenters. The Balaban J connectivity index is 1.60. The molecule has 3 heterocycles. The van der Waals surface area contributed by atoms with Crippen LogP contribution >= 0.6 is 0 Å². The topological polar surface area (TPSA) is 117 Å². The van der Waals surface area contributed by atoms with Crippen LogP contribution in [0, 0.1) is 0 Å². The van der Waals surface area contributed by atoms with Gasteiger partial charge in [-0.25, -0.2) is 4.79 Å². The molecule has 4 rings (SSSR count). The minimum Gasteiger partial charge on any atom is -0.444 e. The first-order valence-electron chi connectivity index (χ1n) is 12.8. The van der Waals surface area contributed by atoms with Gasteiger partial charge in [0.2, 0.25) is 11.8 Å². The van der Waals surface area contributed by atoms with Crippen LogP contribution in [-0.4, -0.2) is 50.7 Å². The first kappa shape index (κ1) is 28.1. The van der Waals surface area contributed by atoms with Gasteiger partial charge in [-0.1, -0.05) is 25.7 Å². The standard InChI is InChI=1S/C27H37N7O4Si/c1-27(2,3)38-26(35)30-19-9-8-10-21(15-19)37-24-22-11-12-34(18-36-13-14-39(5,6)7)23(22)31-25(32-24)29-20-16-28-33(4)17-20/h8-12,15-17H,13-14,18H2,1-7H3,(H,30,35)(H,29,31,32). The number of carbonyl (C=O) groups excluding carboxylic acids is 1. The summed E-state index contributed by atoms with van der Waals surface area (Å²) in [4.78, 5) is 21.6. The Morgan fingerprint density at radius 2 is 1.90 bits per heavy atom. The minimum atomic E-state index is -1.19. The number of fused-ring (bicyclic) bond motifs is 1. The number of nitrogens with one attached hydrogen (secondary N) is 2. The van der Waals surface area contributed by atoms with Crippen LogP contribution < -0.4 is 15.4 Å². The average Bonchev–Trinajstić information content (AvgIpc) is 3.41. The Kier molecular flexibility index (Phi) is 8.26. The molecular weight excluding hydrogens is 514 g/mol. The fraction of sp³-hybridized carbons (Fsp3) is 0.407. The predicted molar refractivity (Wildman–Crippen MR) is 154 cm³/mol. The summed E-state index contributed by atoms with van der Waals surface area (Å²) in [6.45, 7) is 13.5. The number of nitrogens with zero attached hydrogens (tertiary/aromatic N) is 5. The van der Waals surface area contributed by atoms with Crippen LogP contribution in [0.2, 0.25) is 25.7 Å². The Morgan fingerprint density at radius 1 is 1.10 bits per heavy atom. The summed E-state index contributed by atoms with van der Waals surface area (Å²) in [7, 11) is 0.644. The molecule has 11 nitrogen and oxygen atoms in total. The molecule has 0 aliphatic carbocycles. The molecule has 0 saturated heterocycles. The van der Waals surface area contributed by atoms with E-state index in [0.29, 0.717) is 42.3 Å². The third-order valence-electron chi connectivity index (χ3n) is 5.47. The molecule has 0 fully saturated rings. The highest BCUT2D eigenvalue weighted by Gasteiger charge is 2.18. The van der Waals surface area contributed by atoms with Gasteiger partial charge >= 0.3 is 6.09 Å². The average molecular weight is 552 g/mol. The number of aromatic nitrogens is 5. The summed E-state index contributed by atoms with van der Waals surface area (Å²) in [5.41, 5.74) is 1.35. The monoisotopic (exact) mass is 551 g/mol. The molecule has 0 radical (unpaired) electrons. The van der Waals surface area contributed by atoms with E-state index in [1.165, 1.54) is 0 Å². The van der Waals surface area contributed by atoms with Crippen molar-refractivity contribution in [3.8, 4) is 11.6 Å². The molecule has 39 heavy (non-hydrogen) atoms. The quantitative estimate of drug-likeness (QED) is 0.173. The highest BCUT2D eigenvalue weighted by molar-refractivity contribution is 6.76. The number of amides is 1. The van der Waals surface area contributed by atoms with E-state index >= 15 is 0 Å². The van der Waals surface area contributed by atoms with Gasteiger partial charge < -0.3 is 24.1 Å². The maximum atomic E-state index is 12.2. The summed E-state index contributed by atoms with van der Waals surface area (Å²) in [5.74, 6) is 1.22. The van der Waals surface area contributed by atoms with Gasteiger partial charge in [0.1, 0.15) is 18.1 Å². The number of aryl methyl sites for hydroxylation is 1. The molecule has 1 amide bonds. The van der Waals surface area contributed by atoms with Crippen LogP contribution in [0.1, 0.15) is 20.8 Å². The largest absolute Gasteiger partial charge is 0.444 e. The van der Waals surface area contributed by atoms with Crippen molar-refractivity contribution in [1.82, 2.24) is 24.3 Å². The highest BCUT2D eigenvalue weighted by atomic mass is 28.3. The molecule has 0 bridgehead atoms. The van der Waals surface area contributed by atoms with Crippen molar-refractivity contribution in [1.29, 1.82) is 0 Å². The molecule has 1 aromatic carbocycles. The zero-order valence-electron chi connectivity index (χ0n) is 23.6. The summed E-state index contributed by atoms with van der Waals surface area (Å²) in [5, 5.41) is 10.9. The number of hydrogen-bond acceptors (Lipinski definition) is 8. The lowest BCUT2D eigenvalue weighted by Gasteiger charge is -2.19. The van der Waals surface area contributed by atoms with Crippen LogP contribution in [0.4, 0.5) is 22.1 Å². The summed E-state index contributed by atoms with van der Waals surface area (Å²) < 4.78 is 21.2. The molecule has 0 saturated carbocycles. The van der Waals surface area contributed by atoms with E-state index in [4.69, 9.17) is 19.2 Å². The smallest absolute Gasteiger partial charge is 0.412 e.